The summed E-state index contributed by atoms with van der Waals surface area (Å²) in [6, 6.07) is 10.1. The molecule has 0 aromatic heterocycles. The molecule has 1 aromatic rings. The van der Waals surface area contributed by atoms with E-state index in [1.54, 1.807) is 0 Å². The maximum absolute atomic E-state index is 10.1. The fraction of sp³-hybridized carbons (Fsp3) is 0.647. The molecule has 0 saturated carbocycles. The smallest absolute Gasteiger partial charge is 0.0900 e. The molecule has 1 saturated heterocycles. The van der Waals surface area contributed by atoms with E-state index in [1.165, 1.54) is 6.42 Å². The van der Waals surface area contributed by atoms with E-state index in [2.05, 4.69) is 18.7 Å². The third-order valence-corrected chi connectivity index (χ3v) is 5.19. The van der Waals surface area contributed by atoms with Gasteiger partial charge < -0.3 is 9.84 Å². The quantitative estimate of drug-likeness (QED) is 0.876. The van der Waals surface area contributed by atoms with Crippen LogP contribution in [0.5, 0.6) is 0 Å². The predicted molar refractivity (Wildman–Crippen MR) is 89.7 cm³/mol. The number of nitrogens with zero attached hydrogens (tertiary/aromatic N) is 1. The van der Waals surface area contributed by atoms with Crippen molar-refractivity contribution in [3.05, 3.63) is 35.9 Å². The minimum Gasteiger partial charge on any atom is -0.389 e. The Morgan fingerprint density at radius 1 is 1.29 bits per heavy atom. The molecule has 21 heavy (non-hydrogen) atoms. The monoisotopic (exact) mass is 309 g/mol. The normalized spacial score (nSPS) is 20.9. The first-order valence-corrected chi connectivity index (χ1v) is 8.70. The largest absolute Gasteiger partial charge is 0.389 e. The number of rotatable bonds is 6. The van der Waals surface area contributed by atoms with Gasteiger partial charge >= 0.3 is 0 Å². The zero-order valence-electron chi connectivity index (χ0n) is 13.1. The van der Waals surface area contributed by atoms with Crippen LogP contribution >= 0.6 is 11.8 Å². The number of hydrogen-bond donors (Lipinski definition) is 1. The molecule has 1 heterocycles. The molecule has 1 unspecified atom stereocenters. The van der Waals surface area contributed by atoms with Crippen molar-refractivity contribution in [3.63, 3.8) is 0 Å². The molecule has 1 N–H and O–H groups in total. The van der Waals surface area contributed by atoms with E-state index >= 15 is 0 Å². The van der Waals surface area contributed by atoms with Crippen molar-refractivity contribution in [1.82, 2.24) is 4.90 Å². The average Bonchev–Trinajstić information content (AvgIpc) is 2.61. The first-order valence-electron chi connectivity index (χ1n) is 7.71. The average molecular weight is 309 g/mol. The molecule has 0 radical (unpaired) electrons. The highest BCUT2D eigenvalue weighted by Gasteiger charge is 2.24. The highest BCUT2D eigenvalue weighted by molar-refractivity contribution is 8.00. The van der Waals surface area contributed by atoms with Gasteiger partial charge in [0.05, 0.1) is 19.3 Å². The predicted octanol–water partition coefficient (Wildman–Crippen LogP) is 2.78. The molecule has 1 atom stereocenters. The molecule has 1 fully saturated rings. The molecular formula is C17H27NO2S. The first-order chi connectivity index (χ1) is 10.1. The second-order valence-corrected chi connectivity index (χ2v) is 8.12. The molecule has 0 aliphatic carbocycles. The molecule has 3 nitrogen and oxygen atoms in total. The van der Waals surface area contributed by atoms with E-state index in [0.717, 1.165) is 24.4 Å². The molecule has 4 heteroatoms. The number of benzene rings is 1. The lowest BCUT2D eigenvalue weighted by molar-refractivity contribution is 0.0107. The van der Waals surface area contributed by atoms with E-state index in [0.29, 0.717) is 24.5 Å². The molecule has 0 spiro atoms. The highest BCUT2D eigenvalue weighted by atomic mass is 32.2. The Bertz CT molecular complexity index is 411. The Labute approximate surface area is 132 Å². The zero-order valence-corrected chi connectivity index (χ0v) is 13.9. The van der Waals surface area contributed by atoms with Crippen LogP contribution in [0.3, 0.4) is 0 Å². The van der Waals surface area contributed by atoms with Crippen LogP contribution in [0.2, 0.25) is 0 Å². The summed E-state index contributed by atoms with van der Waals surface area (Å²) in [4.78, 5) is 2.36. The number of β-amino-alcohol motifs (C(OH)–C–C–N with tert-alkyl or cyclic N) is 1. The van der Waals surface area contributed by atoms with Crippen molar-refractivity contribution in [1.29, 1.82) is 0 Å². The van der Waals surface area contributed by atoms with Crippen molar-refractivity contribution < 1.29 is 9.84 Å². The van der Waals surface area contributed by atoms with Gasteiger partial charge in [-0.2, -0.15) is 11.8 Å². The summed E-state index contributed by atoms with van der Waals surface area (Å²) in [7, 11) is 0. The number of aliphatic hydroxyl groups is 1. The third-order valence-electron chi connectivity index (χ3n) is 3.82. The lowest BCUT2D eigenvalue weighted by Crippen LogP contribution is -2.36. The van der Waals surface area contributed by atoms with E-state index < -0.39 is 6.10 Å². The van der Waals surface area contributed by atoms with Crippen LogP contribution < -0.4 is 0 Å². The lowest BCUT2D eigenvalue weighted by Gasteiger charge is -2.24. The summed E-state index contributed by atoms with van der Waals surface area (Å²) >= 11 is 2.03. The minimum absolute atomic E-state index is 0.365. The summed E-state index contributed by atoms with van der Waals surface area (Å²) in [5.41, 5.74) is 1.15. The van der Waals surface area contributed by atoms with Gasteiger partial charge in [0.1, 0.15) is 0 Å². The van der Waals surface area contributed by atoms with Gasteiger partial charge in [-0.25, -0.2) is 0 Å². The second-order valence-electron chi connectivity index (χ2n) is 6.31. The second kappa shape index (κ2) is 8.18. The van der Waals surface area contributed by atoms with Crippen LogP contribution in [0.15, 0.2) is 30.3 Å². The van der Waals surface area contributed by atoms with Crippen molar-refractivity contribution in [2.24, 2.45) is 0 Å². The highest BCUT2D eigenvalue weighted by Crippen LogP contribution is 2.30. The maximum Gasteiger partial charge on any atom is 0.0900 e. The number of ether oxygens (including phenoxy) is 1. The summed E-state index contributed by atoms with van der Waals surface area (Å²) < 4.78 is 5.98. The van der Waals surface area contributed by atoms with Crippen LogP contribution in [0.4, 0.5) is 0 Å². The van der Waals surface area contributed by atoms with Crippen LogP contribution in [0.1, 0.15) is 25.8 Å². The van der Waals surface area contributed by atoms with Crippen LogP contribution in [0, 0.1) is 0 Å². The van der Waals surface area contributed by atoms with Gasteiger partial charge in [0.2, 0.25) is 0 Å². The Hall–Kier alpha value is -0.550. The van der Waals surface area contributed by atoms with Gasteiger partial charge in [-0.05, 0) is 18.5 Å². The fourth-order valence-electron chi connectivity index (χ4n) is 2.48. The molecule has 2 rings (SSSR count). The molecule has 1 aliphatic heterocycles. The molecule has 0 amide bonds. The van der Waals surface area contributed by atoms with Crippen molar-refractivity contribution >= 4 is 11.8 Å². The summed E-state index contributed by atoms with van der Waals surface area (Å²) in [6.07, 6.45) is 0.773. The van der Waals surface area contributed by atoms with Gasteiger partial charge in [-0.1, -0.05) is 44.2 Å². The van der Waals surface area contributed by atoms with Crippen molar-refractivity contribution in [2.45, 2.75) is 37.7 Å². The zero-order chi connectivity index (χ0) is 15.1. The molecule has 0 bridgehead atoms. The standard InChI is InChI=1S/C17H27NO2S/c1-17(2)8-9-18(10-11-21-17)12-16(19)14-20-13-15-6-4-3-5-7-15/h3-7,16,19H,8-14H2,1-2H3. The topological polar surface area (TPSA) is 32.7 Å². The van der Waals surface area contributed by atoms with Gasteiger partial charge in [0.25, 0.3) is 0 Å². The van der Waals surface area contributed by atoms with Crippen LogP contribution in [-0.4, -0.2) is 52.9 Å². The van der Waals surface area contributed by atoms with Gasteiger partial charge in [0, 0.05) is 23.6 Å². The van der Waals surface area contributed by atoms with Crippen molar-refractivity contribution in [2.75, 3.05) is 32.0 Å². The SMILES string of the molecule is CC1(C)CCN(CC(O)COCc2ccccc2)CCS1. The Morgan fingerprint density at radius 3 is 2.81 bits per heavy atom. The molecule has 1 aliphatic rings. The van der Waals surface area contributed by atoms with E-state index in [1.807, 2.05) is 42.1 Å². The van der Waals surface area contributed by atoms with Crippen molar-refractivity contribution in [3.8, 4) is 0 Å². The van der Waals surface area contributed by atoms with E-state index in [-0.39, 0.29) is 0 Å². The van der Waals surface area contributed by atoms with E-state index in [9.17, 15) is 5.11 Å². The maximum atomic E-state index is 10.1. The van der Waals surface area contributed by atoms with Crippen LogP contribution in [-0.2, 0) is 11.3 Å². The third kappa shape index (κ3) is 6.39. The Balaban J connectivity index is 1.66. The molecule has 1 aromatic carbocycles. The fourth-order valence-corrected chi connectivity index (χ4v) is 3.62. The summed E-state index contributed by atoms with van der Waals surface area (Å²) in [6.45, 7) is 8.43. The van der Waals surface area contributed by atoms with Crippen LogP contribution in [0.25, 0.3) is 0 Å². The summed E-state index contributed by atoms with van der Waals surface area (Å²) in [5, 5.41) is 10.1. The Morgan fingerprint density at radius 2 is 2.05 bits per heavy atom. The molecular weight excluding hydrogens is 282 g/mol. The van der Waals surface area contributed by atoms with E-state index in [4.69, 9.17) is 4.74 Å². The number of aliphatic hydroxyl groups excluding tert-OH is 1. The Kier molecular flexibility index (Phi) is 6.55. The summed E-state index contributed by atoms with van der Waals surface area (Å²) in [5.74, 6) is 1.14. The number of thioether (sulfide) groups is 1. The number of hydrogen-bond acceptors (Lipinski definition) is 4. The minimum atomic E-state index is -0.403. The van der Waals surface area contributed by atoms with Gasteiger partial charge in [-0.15, -0.1) is 0 Å². The lowest BCUT2D eigenvalue weighted by atomic mass is 10.1. The van der Waals surface area contributed by atoms with Gasteiger partial charge in [-0.3, -0.25) is 4.90 Å². The first kappa shape index (κ1) is 16.8. The van der Waals surface area contributed by atoms with Gasteiger partial charge in [0.15, 0.2) is 0 Å². The molecule has 118 valence electrons.